The number of aliphatic hydroxyl groups is 1. The summed E-state index contributed by atoms with van der Waals surface area (Å²) in [4.78, 5) is 12.8. The van der Waals surface area contributed by atoms with Gasteiger partial charge in [-0.1, -0.05) is 0 Å². The zero-order chi connectivity index (χ0) is 9.84. The Hall–Kier alpha value is -0.770. The number of aliphatic hydroxyl groups excluding tert-OH is 1. The molecule has 0 radical (unpaired) electrons. The number of hydrogen-bond donors (Lipinski definition) is 2. The lowest BCUT2D eigenvalue weighted by Crippen LogP contribution is -2.44. The van der Waals surface area contributed by atoms with E-state index < -0.39 is 0 Å². The number of carbonyl (C=O) groups is 1. The van der Waals surface area contributed by atoms with Gasteiger partial charge >= 0.3 is 6.03 Å². The van der Waals surface area contributed by atoms with Gasteiger partial charge in [-0.25, -0.2) is 4.79 Å². The molecule has 4 heteroatoms. The fourth-order valence-corrected chi connectivity index (χ4v) is 1.60. The molecule has 0 aromatic heterocycles. The number of nitrogens with one attached hydrogen (secondary N) is 1. The molecule has 13 heavy (non-hydrogen) atoms. The molecular formula is C9H18N2O2. The minimum atomic E-state index is -0.235. The molecule has 0 spiro atoms. The van der Waals surface area contributed by atoms with Gasteiger partial charge in [0.25, 0.3) is 0 Å². The van der Waals surface area contributed by atoms with Crippen molar-refractivity contribution in [1.29, 1.82) is 0 Å². The quantitative estimate of drug-likeness (QED) is 0.628. The zero-order valence-electron chi connectivity index (χ0n) is 8.29. The standard InChI is InChI=1S/C9H18N2O2/c1-11(2)9(13)10-7-4-3-5-8(12)6-7/h7-8,12H,3-6H2,1-2H3,(H,10,13)/t7-,8+/m0/s1. The Morgan fingerprint density at radius 2 is 2.15 bits per heavy atom. The van der Waals surface area contributed by atoms with Crippen LogP contribution in [0.25, 0.3) is 0 Å². The van der Waals surface area contributed by atoms with E-state index in [-0.39, 0.29) is 18.2 Å². The van der Waals surface area contributed by atoms with Crippen LogP contribution in [0, 0.1) is 0 Å². The van der Waals surface area contributed by atoms with Crippen molar-refractivity contribution in [2.75, 3.05) is 14.1 Å². The first-order valence-corrected chi connectivity index (χ1v) is 4.75. The third-order valence-corrected chi connectivity index (χ3v) is 2.38. The van der Waals surface area contributed by atoms with E-state index in [1.165, 1.54) is 4.90 Å². The van der Waals surface area contributed by atoms with E-state index in [1.54, 1.807) is 14.1 Å². The average molecular weight is 186 g/mol. The maximum atomic E-state index is 11.3. The summed E-state index contributed by atoms with van der Waals surface area (Å²) in [6.07, 6.45) is 3.31. The number of nitrogens with zero attached hydrogens (tertiary/aromatic N) is 1. The van der Waals surface area contributed by atoms with E-state index in [1.807, 2.05) is 0 Å². The van der Waals surface area contributed by atoms with Gasteiger partial charge in [0.1, 0.15) is 0 Å². The molecule has 0 bridgehead atoms. The van der Waals surface area contributed by atoms with Crippen molar-refractivity contribution in [3.63, 3.8) is 0 Å². The second-order valence-electron chi connectivity index (χ2n) is 3.86. The predicted molar refractivity (Wildman–Crippen MR) is 50.5 cm³/mol. The number of rotatable bonds is 1. The second kappa shape index (κ2) is 4.46. The highest BCUT2D eigenvalue weighted by Crippen LogP contribution is 2.18. The van der Waals surface area contributed by atoms with Gasteiger partial charge in [0, 0.05) is 20.1 Å². The van der Waals surface area contributed by atoms with Crippen molar-refractivity contribution in [3.8, 4) is 0 Å². The number of carbonyl (C=O) groups excluding carboxylic acids is 1. The van der Waals surface area contributed by atoms with E-state index >= 15 is 0 Å². The Labute approximate surface area is 78.9 Å². The molecule has 0 unspecified atom stereocenters. The minimum absolute atomic E-state index is 0.0703. The van der Waals surface area contributed by atoms with Gasteiger partial charge in [0.05, 0.1) is 6.10 Å². The maximum Gasteiger partial charge on any atom is 0.317 e. The van der Waals surface area contributed by atoms with Gasteiger partial charge in [0.2, 0.25) is 0 Å². The third kappa shape index (κ3) is 3.22. The first kappa shape index (κ1) is 10.3. The highest BCUT2D eigenvalue weighted by Gasteiger charge is 2.21. The van der Waals surface area contributed by atoms with E-state index in [0.29, 0.717) is 6.42 Å². The van der Waals surface area contributed by atoms with E-state index in [2.05, 4.69) is 5.32 Å². The van der Waals surface area contributed by atoms with Crippen molar-refractivity contribution in [1.82, 2.24) is 10.2 Å². The van der Waals surface area contributed by atoms with Gasteiger partial charge in [-0.05, 0) is 25.7 Å². The molecule has 4 nitrogen and oxygen atoms in total. The molecule has 1 saturated carbocycles. The lowest BCUT2D eigenvalue weighted by molar-refractivity contribution is 0.112. The first-order chi connectivity index (χ1) is 6.09. The highest BCUT2D eigenvalue weighted by atomic mass is 16.3. The van der Waals surface area contributed by atoms with Crippen LogP contribution in [0.3, 0.4) is 0 Å². The molecule has 0 saturated heterocycles. The second-order valence-corrected chi connectivity index (χ2v) is 3.86. The molecule has 0 heterocycles. The molecule has 2 amide bonds. The third-order valence-electron chi connectivity index (χ3n) is 2.38. The smallest absolute Gasteiger partial charge is 0.317 e. The molecule has 0 aliphatic heterocycles. The Kier molecular flexibility index (Phi) is 3.54. The van der Waals surface area contributed by atoms with Gasteiger partial charge in [0.15, 0.2) is 0 Å². The minimum Gasteiger partial charge on any atom is -0.393 e. The average Bonchev–Trinajstić information content (AvgIpc) is 2.04. The summed E-state index contributed by atoms with van der Waals surface area (Å²) in [5, 5.41) is 12.2. The van der Waals surface area contributed by atoms with Crippen molar-refractivity contribution >= 4 is 6.03 Å². The van der Waals surface area contributed by atoms with Gasteiger partial charge < -0.3 is 15.3 Å². The summed E-state index contributed by atoms with van der Waals surface area (Å²) in [7, 11) is 3.43. The van der Waals surface area contributed by atoms with Crippen LogP contribution in [0.4, 0.5) is 4.79 Å². The van der Waals surface area contributed by atoms with Crippen LogP contribution < -0.4 is 5.32 Å². The SMILES string of the molecule is CN(C)C(=O)N[C@H]1CCC[C@@H](O)C1. The van der Waals surface area contributed by atoms with E-state index in [0.717, 1.165) is 19.3 Å². The van der Waals surface area contributed by atoms with Crippen molar-refractivity contribution < 1.29 is 9.90 Å². The van der Waals surface area contributed by atoms with Crippen LogP contribution in [-0.2, 0) is 0 Å². The Morgan fingerprint density at radius 1 is 1.46 bits per heavy atom. The van der Waals surface area contributed by atoms with Crippen LogP contribution in [0.2, 0.25) is 0 Å². The number of urea groups is 1. The van der Waals surface area contributed by atoms with Gasteiger partial charge in [-0.3, -0.25) is 0 Å². The summed E-state index contributed by atoms with van der Waals surface area (Å²) >= 11 is 0. The van der Waals surface area contributed by atoms with E-state index in [4.69, 9.17) is 0 Å². The number of amides is 2. The van der Waals surface area contributed by atoms with Crippen LogP contribution in [0.15, 0.2) is 0 Å². The Morgan fingerprint density at radius 3 is 2.69 bits per heavy atom. The molecule has 2 atom stereocenters. The molecule has 0 aromatic rings. The fraction of sp³-hybridized carbons (Fsp3) is 0.889. The zero-order valence-corrected chi connectivity index (χ0v) is 8.29. The number of hydrogen-bond acceptors (Lipinski definition) is 2. The summed E-state index contributed by atoms with van der Waals surface area (Å²) in [6, 6.07) is 0.0812. The molecule has 1 aliphatic rings. The van der Waals surface area contributed by atoms with Crippen molar-refractivity contribution in [2.45, 2.75) is 37.8 Å². The molecule has 1 rings (SSSR count). The molecule has 0 aromatic carbocycles. The summed E-state index contributed by atoms with van der Waals surface area (Å²) in [5.74, 6) is 0. The molecule has 1 aliphatic carbocycles. The monoisotopic (exact) mass is 186 g/mol. The normalized spacial score (nSPS) is 28.2. The van der Waals surface area contributed by atoms with E-state index in [9.17, 15) is 9.90 Å². The van der Waals surface area contributed by atoms with Crippen LogP contribution >= 0.6 is 0 Å². The summed E-state index contributed by atoms with van der Waals surface area (Å²) in [6.45, 7) is 0. The highest BCUT2D eigenvalue weighted by molar-refractivity contribution is 5.73. The van der Waals surface area contributed by atoms with Crippen molar-refractivity contribution in [2.24, 2.45) is 0 Å². The summed E-state index contributed by atoms with van der Waals surface area (Å²) in [5.41, 5.74) is 0. The molecule has 76 valence electrons. The lowest BCUT2D eigenvalue weighted by atomic mass is 9.93. The Balaban J connectivity index is 2.31. The van der Waals surface area contributed by atoms with Gasteiger partial charge in [-0.2, -0.15) is 0 Å². The maximum absolute atomic E-state index is 11.3. The molecule has 2 N–H and O–H groups in total. The lowest BCUT2D eigenvalue weighted by Gasteiger charge is -2.27. The predicted octanol–water partition coefficient (Wildman–Crippen LogP) is 0.561. The van der Waals surface area contributed by atoms with Gasteiger partial charge in [-0.15, -0.1) is 0 Å². The Bertz CT molecular complexity index is 182. The fourth-order valence-electron chi connectivity index (χ4n) is 1.60. The first-order valence-electron chi connectivity index (χ1n) is 4.75. The summed E-state index contributed by atoms with van der Waals surface area (Å²) < 4.78 is 0. The van der Waals surface area contributed by atoms with Crippen LogP contribution in [0.5, 0.6) is 0 Å². The van der Waals surface area contributed by atoms with Crippen LogP contribution in [0.1, 0.15) is 25.7 Å². The van der Waals surface area contributed by atoms with Crippen molar-refractivity contribution in [3.05, 3.63) is 0 Å². The molecule has 1 fully saturated rings. The topological polar surface area (TPSA) is 52.6 Å². The molecular weight excluding hydrogens is 168 g/mol. The van der Waals surface area contributed by atoms with Crippen LogP contribution in [-0.4, -0.2) is 42.3 Å². The largest absolute Gasteiger partial charge is 0.393 e.